The van der Waals surface area contributed by atoms with Gasteiger partial charge in [-0.15, -0.1) is 0 Å². The molecule has 3 aliphatic heterocycles. The number of hydrogen-bond donors (Lipinski definition) is 2. The van der Waals surface area contributed by atoms with Gasteiger partial charge in [-0.25, -0.2) is 18.7 Å². The van der Waals surface area contributed by atoms with E-state index >= 15 is 4.39 Å². The highest BCUT2D eigenvalue weighted by molar-refractivity contribution is 6.02. The molecular formula is C36H36F5N9O2. The van der Waals surface area contributed by atoms with Crippen LogP contribution in [0.5, 0.6) is 11.9 Å². The van der Waals surface area contributed by atoms with Gasteiger partial charge in [0.25, 0.3) is 0 Å². The Balaban J connectivity index is 1.28. The van der Waals surface area contributed by atoms with E-state index in [1.165, 1.54) is 6.20 Å². The summed E-state index contributed by atoms with van der Waals surface area (Å²) in [6, 6.07) is 3.64. The SMILES string of the molecule is C[C@H](c1cccnc1N)N1c2nc(OC[C@@]34CCCN3C[C@H](F)C4)nc3c(F)c(-c4c(C5CC5)c(C(F)(F)F)cc5[nH]ncc45)nc(c23)OC[C@@H]1C. The van der Waals surface area contributed by atoms with Gasteiger partial charge in [-0.3, -0.25) is 10.00 Å². The molecule has 5 aromatic rings. The van der Waals surface area contributed by atoms with Crippen LogP contribution >= 0.6 is 0 Å². The van der Waals surface area contributed by atoms with E-state index in [-0.39, 0.29) is 70.2 Å². The van der Waals surface area contributed by atoms with Gasteiger partial charge in [0, 0.05) is 35.7 Å². The minimum Gasteiger partial charge on any atom is -0.475 e. The Hall–Kier alpha value is -4.86. The first-order valence-corrected chi connectivity index (χ1v) is 17.6. The number of nitrogen functional groups attached to an aromatic ring is 1. The third-order valence-electron chi connectivity index (χ3n) is 11.2. The van der Waals surface area contributed by atoms with Gasteiger partial charge in [0.05, 0.1) is 34.9 Å². The summed E-state index contributed by atoms with van der Waals surface area (Å²) in [6.45, 7) is 5.03. The lowest BCUT2D eigenvalue weighted by atomic mass is 9.91. The number of fused-ring (bicyclic) bond motifs is 2. The first-order chi connectivity index (χ1) is 24.9. The van der Waals surface area contributed by atoms with Crippen molar-refractivity contribution in [3.05, 3.63) is 53.1 Å². The fraction of sp³-hybridized carbons (Fsp3) is 0.472. The van der Waals surface area contributed by atoms with E-state index in [1.54, 1.807) is 12.3 Å². The fourth-order valence-corrected chi connectivity index (χ4v) is 8.65. The predicted octanol–water partition coefficient (Wildman–Crippen LogP) is 6.88. The van der Waals surface area contributed by atoms with Gasteiger partial charge < -0.3 is 20.1 Å². The average Bonchev–Trinajstić information content (AvgIpc) is 3.62. The van der Waals surface area contributed by atoms with Crippen molar-refractivity contribution in [1.82, 2.24) is 35.0 Å². The monoisotopic (exact) mass is 721 g/mol. The van der Waals surface area contributed by atoms with Crippen molar-refractivity contribution >= 4 is 33.4 Å². The van der Waals surface area contributed by atoms with Gasteiger partial charge in [0.1, 0.15) is 47.6 Å². The molecule has 0 radical (unpaired) electrons. The topological polar surface area (TPSA) is 131 Å². The van der Waals surface area contributed by atoms with E-state index in [1.807, 2.05) is 24.8 Å². The number of alkyl halides is 4. The number of ether oxygens (including phenoxy) is 2. The molecule has 2 saturated heterocycles. The molecule has 0 unspecified atom stereocenters. The maximum absolute atomic E-state index is 17.5. The smallest absolute Gasteiger partial charge is 0.416 e. The summed E-state index contributed by atoms with van der Waals surface area (Å²) in [4.78, 5) is 22.4. The predicted molar refractivity (Wildman–Crippen MR) is 182 cm³/mol. The van der Waals surface area contributed by atoms with Crippen molar-refractivity contribution in [2.45, 2.75) is 81.8 Å². The molecule has 11 nitrogen and oxygen atoms in total. The van der Waals surface area contributed by atoms with Gasteiger partial charge >= 0.3 is 12.2 Å². The maximum Gasteiger partial charge on any atom is 0.416 e. The van der Waals surface area contributed by atoms with Crippen LogP contribution in [0.25, 0.3) is 33.1 Å². The van der Waals surface area contributed by atoms with Crippen LogP contribution in [0.1, 0.15) is 74.6 Å². The highest BCUT2D eigenvalue weighted by atomic mass is 19.4. The molecule has 52 heavy (non-hydrogen) atoms. The van der Waals surface area contributed by atoms with Crippen molar-refractivity contribution < 1.29 is 31.4 Å². The molecule has 7 heterocycles. The molecule has 0 amide bonds. The molecular weight excluding hydrogens is 685 g/mol. The van der Waals surface area contributed by atoms with Crippen molar-refractivity contribution in [3.63, 3.8) is 0 Å². The summed E-state index contributed by atoms with van der Waals surface area (Å²) in [6.07, 6.45) is 0.216. The maximum atomic E-state index is 17.5. The number of rotatable bonds is 7. The number of nitrogens with two attached hydrogens (primary N) is 1. The lowest BCUT2D eigenvalue weighted by Crippen LogP contribution is -2.43. The Kier molecular flexibility index (Phi) is 7.51. The van der Waals surface area contributed by atoms with E-state index in [0.29, 0.717) is 42.6 Å². The molecule has 4 atom stereocenters. The van der Waals surface area contributed by atoms with Crippen LogP contribution in [0, 0.1) is 5.82 Å². The Morgan fingerprint density at radius 3 is 2.81 bits per heavy atom. The van der Waals surface area contributed by atoms with E-state index in [0.717, 1.165) is 25.5 Å². The summed E-state index contributed by atoms with van der Waals surface area (Å²) < 4.78 is 88.6. The zero-order chi connectivity index (χ0) is 36.1. The third kappa shape index (κ3) is 5.19. The Bertz CT molecular complexity index is 2230. The van der Waals surface area contributed by atoms with Crippen LogP contribution < -0.4 is 20.1 Å². The van der Waals surface area contributed by atoms with Gasteiger partial charge in [0.15, 0.2) is 5.82 Å². The molecule has 3 fully saturated rings. The quantitative estimate of drug-likeness (QED) is 0.172. The van der Waals surface area contributed by atoms with Gasteiger partial charge in [-0.2, -0.15) is 28.2 Å². The zero-order valence-electron chi connectivity index (χ0n) is 28.5. The van der Waals surface area contributed by atoms with Crippen LogP contribution in [0.2, 0.25) is 0 Å². The molecule has 16 heteroatoms. The highest BCUT2D eigenvalue weighted by Gasteiger charge is 2.50. The minimum atomic E-state index is -4.72. The number of nitrogens with zero attached hydrogens (tertiary/aromatic N) is 7. The summed E-state index contributed by atoms with van der Waals surface area (Å²) in [5, 5.41) is 7.09. The number of H-pyrrole nitrogens is 1. The van der Waals surface area contributed by atoms with Gasteiger partial charge in [-0.1, -0.05) is 6.07 Å². The van der Waals surface area contributed by atoms with Crippen LogP contribution in [0.3, 0.4) is 0 Å². The summed E-state index contributed by atoms with van der Waals surface area (Å²) in [5.41, 5.74) is 5.10. The fourth-order valence-electron chi connectivity index (χ4n) is 8.65. The van der Waals surface area contributed by atoms with E-state index in [2.05, 4.69) is 30.0 Å². The molecule has 0 bridgehead atoms. The zero-order valence-corrected chi connectivity index (χ0v) is 28.5. The van der Waals surface area contributed by atoms with Crippen LogP contribution in [0.15, 0.2) is 30.6 Å². The summed E-state index contributed by atoms with van der Waals surface area (Å²) in [5.74, 6) is -0.862. The Morgan fingerprint density at radius 2 is 2.04 bits per heavy atom. The van der Waals surface area contributed by atoms with Gasteiger partial charge in [0.2, 0.25) is 5.88 Å². The lowest BCUT2D eigenvalue weighted by Gasteiger charge is -2.35. The van der Waals surface area contributed by atoms with Crippen molar-refractivity contribution in [3.8, 4) is 23.1 Å². The first-order valence-electron chi connectivity index (χ1n) is 17.6. The Morgan fingerprint density at radius 1 is 1.21 bits per heavy atom. The molecule has 4 aliphatic rings. The number of hydrogen-bond acceptors (Lipinski definition) is 10. The molecule has 9 rings (SSSR count). The van der Waals surface area contributed by atoms with Crippen LogP contribution in [0.4, 0.5) is 33.6 Å². The molecule has 0 spiro atoms. The van der Waals surface area contributed by atoms with E-state index in [9.17, 15) is 17.6 Å². The summed E-state index contributed by atoms with van der Waals surface area (Å²) >= 11 is 0. The number of anilines is 2. The first kappa shape index (κ1) is 33.0. The van der Waals surface area contributed by atoms with Crippen molar-refractivity contribution in [1.29, 1.82) is 0 Å². The standard InChI is InChI=1S/C36H36F5N9O2/c1-17-15-51-33-27-30(28(38)29(45-33)26-22-13-44-48-24(22)11-23(36(39,40)41)25(26)19-6-7-19)46-34(52-16-35-8-4-10-49(35)14-20(37)12-35)47-32(27)50(17)18(2)21-5-3-9-43-31(21)42/h3,5,9,11,13,17-20H,4,6-8,10,12,14-16H2,1-2H3,(H2,42,43)(H,44,48)/t17-,18+,20+,35-/m0/s1. The minimum absolute atomic E-state index is 0.00552. The van der Waals surface area contributed by atoms with Crippen LogP contribution in [-0.4, -0.2) is 79.1 Å². The normalized spacial score (nSPS) is 23.9. The summed E-state index contributed by atoms with van der Waals surface area (Å²) in [7, 11) is 0. The third-order valence-corrected chi connectivity index (χ3v) is 11.2. The number of halogens is 5. The number of aromatic amines is 1. The largest absolute Gasteiger partial charge is 0.475 e. The highest BCUT2D eigenvalue weighted by Crippen LogP contribution is 2.53. The average molecular weight is 722 g/mol. The number of aromatic nitrogens is 6. The van der Waals surface area contributed by atoms with Crippen molar-refractivity contribution in [2.75, 3.05) is 36.9 Å². The van der Waals surface area contributed by atoms with Crippen LogP contribution in [-0.2, 0) is 6.18 Å². The molecule has 1 aliphatic carbocycles. The lowest BCUT2D eigenvalue weighted by molar-refractivity contribution is -0.138. The molecule has 272 valence electrons. The second kappa shape index (κ2) is 11.8. The second-order valence-corrected chi connectivity index (χ2v) is 14.5. The van der Waals surface area contributed by atoms with Gasteiger partial charge in [-0.05, 0) is 69.7 Å². The van der Waals surface area contributed by atoms with Crippen molar-refractivity contribution in [2.24, 2.45) is 0 Å². The molecule has 1 saturated carbocycles. The molecule has 3 N–H and O–H groups in total. The van der Waals surface area contributed by atoms with E-state index in [4.69, 9.17) is 20.2 Å². The van der Waals surface area contributed by atoms with E-state index < -0.39 is 41.2 Å². The number of pyridine rings is 2. The molecule has 4 aromatic heterocycles. The second-order valence-electron chi connectivity index (χ2n) is 14.5. The Labute approximate surface area is 294 Å². The number of benzene rings is 1. The number of nitrogens with one attached hydrogen (secondary N) is 1. The molecule has 1 aromatic carbocycles.